The van der Waals surface area contributed by atoms with Crippen LogP contribution in [-0.4, -0.2) is 62.1 Å². The van der Waals surface area contributed by atoms with E-state index in [1.165, 1.54) is 4.90 Å². The van der Waals surface area contributed by atoms with Crippen molar-refractivity contribution in [3.05, 3.63) is 17.7 Å². The summed E-state index contributed by atoms with van der Waals surface area (Å²) in [6.45, 7) is 5.57. The van der Waals surface area contributed by atoms with Crippen LogP contribution in [0.2, 0.25) is 0 Å². The topological polar surface area (TPSA) is 145 Å². The Morgan fingerprint density at radius 1 is 1.33 bits per heavy atom. The summed E-state index contributed by atoms with van der Waals surface area (Å²) in [6, 6.07) is -1.21. The van der Waals surface area contributed by atoms with Gasteiger partial charge in [-0.1, -0.05) is 6.92 Å². The van der Waals surface area contributed by atoms with Crippen molar-refractivity contribution < 1.29 is 32.7 Å². The van der Waals surface area contributed by atoms with Crippen LogP contribution < -0.4 is 11.5 Å². The van der Waals surface area contributed by atoms with Gasteiger partial charge in [0.05, 0.1) is 11.7 Å². The first-order chi connectivity index (χ1) is 13.9. The standard InChI is InChI=1S/C16H27N5O2.C2HF3O2/c1-3-6-14-19-11(10-20(14)4-2)9-12(17)16(23)21-8-5-7-13(21)15(18)22;3-2(4,5)1(6)7/h10,12-13H,3-9,17H2,1-2H3,(H2,18,22);(H,6,7)/t12-,13-;/m0./s1. The number of amides is 2. The van der Waals surface area contributed by atoms with Crippen LogP contribution in [0.15, 0.2) is 6.20 Å². The Bertz CT molecular complexity index is 751. The van der Waals surface area contributed by atoms with Gasteiger partial charge in [0.25, 0.3) is 0 Å². The number of carbonyl (C=O) groups is 3. The molecule has 0 aromatic carbocycles. The summed E-state index contributed by atoms with van der Waals surface area (Å²) in [7, 11) is 0. The fourth-order valence-electron chi connectivity index (χ4n) is 3.16. The molecule has 2 atom stereocenters. The molecule has 0 unspecified atom stereocenters. The summed E-state index contributed by atoms with van der Waals surface area (Å²) in [6.07, 6.45) is 0.608. The van der Waals surface area contributed by atoms with Crippen molar-refractivity contribution in [2.75, 3.05) is 6.54 Å². The number of carbonyl (C=O) groups excluding carboxylic acids is 2. The van der Waals surface area contributed by atoms with E-state index in [0.29, 0.717) is 19.4 Å². The van der Waals surface area contributed by atoms with Crippen LogP contribution >= 0.6 is 0 Å². The number of hydrogen-bond donors (Lipinski definition) is 3. The van der Waals surface area contributed by atoms with Crippen LogP contribution in [0.4, 0.5) is 13.2 Å². The highest BCUT2D eigenvalue weighted by Gasteiger charge is 2.38. The second-order valence-electron chi connectivity index (χ2n) is 6.89. The summed E-state index contributed by atoms with van der Waals surface area (Å²) >= 11 is 0. The number of nitrogens with zero attached hydrogens (tertiary/aromatic N) is 3. The highest BCUT2D eigenvalue weighted by molar-refractivity contribution is 5.89. The van der Waals surface area contributed by atoms with Crippen molar-refractivity contribution in [2.24, 2.45) is 11.5 Å². The molecule has 12 heteroatoms. The van der Waals surface area contributed by atoms with E-state index in [4.69, 9.17) is 21.4 Å². The molecule has 30 heavy (non-hydrogen) atoms. The lowest BCUT2D eigenvalue weighted by molar-refractivity contribution is -0.192. The van der Waals surface area contributed by atoms with E-state index >= 15 is 0 Å². The maximum absolute atomic E-state index is 12.5. The molecule has 2 heterocycles. The van der Waals surface area contributed by atoms with Crippen molar-refractivity contribution >= 4 is 17.8 Å². The molecule has 1 saturated heterocycles. The van der Waals surface area contributed by atoms with Gasteiger partial charge in [-0.25, -0.2) is 9.78 Å². The smallest absolute Gasteiger partial charge is 0.475 e. The third-order valence-electron chi connectivity index (χ3n) is 4.58. The molecule has 1 aliphatic heterocycles. The fourth-order valence-corrected chi connectivity index (χ4v) is 3.16. The average molecular weight is 435 g/mol. The van der Waals surface area contributed by atoms with Crippen LogP contribution in [0.5, 0.6) is 0 Å². The summed E-state index contributed by atoms with van der Waals surface area (Å²) in [4.78, 5) is 39.0. The minimum Gasteiger partial charge on any atom is -0.475 e. The molecule has 0 radical (unpaired) electrons. The lowest BCUT2D eigenvalue weighted by Gasteiger charge is -2.25. The van der Waals surface area contributed by atoms with Gasteiger partial charge in [0.15, 0.2) is 0 Å². The van der Waals surface area contributed by atoms with E-state index in [2.05, 4.69) is 23.4 Å². The first-order valence-corrected chi connectivity index (χ1v) is 9.62. The summed E-state index contributed by atoms with van der Waals surface area (Å²) in [5.41, 5.74) is 12.3. The second-order valence-corrected chi connectivity index (χ2v) is 6.89. The van der Waals surface area contributed by atoms with Crippen molar-refractivity contribution in [1.82, 2.24) is 14.5 Å². The zero-order valence-electron chi connectivity index (χ0n) is 17.0. The van der Waals surface area contributed by atoms with Gasteiger partial charge in [-0.15, -0.1) is 0 Å². The third kappa shape index (κ3) is 7.01. The molecule has 1 aromatic heterocycles. The quantitative estimate of drug-likeness (QED) is 0.579. The average Bonchev–Trinajstić information content (AvgIpc) is 3.28. The number of carboxylic acid groups (broad SMARTS) is 1. The highest BCUT2D eigenvalue weighted by Crippen LogP contribution is 2.18. The van der Waals surface area contributed by atoms with Gasteiger partial charge >= 0.3 is 12.1 Å². The fraction of sp³-hybridized carbons (Fsp3) is 0.667. The zero-order valence-corrected chi connectivity index (χ0v) is 17.0. The Morgan fingerprint density at radius 3 is 2.40 bits per heavy atom. The minimum atomic E-state index is -5.08. The number of likely N-dealkylation sites (tertiary alicyclic amines) is 1. The number of imidazole rings is 1. The van der Waals surface area contributed by atoms with Crippen molar-refractivity contribution in [3.63, 3.8) is 0 Å². The number of primary amides is 1. The van der Waals surface area contributed by atoms with Crippen molar-refractivity contribution in [2.45, 2.75) is 70.8 Å². The molecule has 9 nitrogen and oxygen atoms in total. The molecule has 0 aliphatic carbocycles. The van der Waals surface area contributed by atoms with Gasteiger partial charge in [-0.3, -0.25) is 9.59 Å². The monoisotopic (exact) mass is 435 g/mol. The maximum Gasteiger partial charge on any atom is 0.490 e. The van der Waals surface area contributed by atoms with E-state index in [-0.39, 0.29) is 5.91 Å². The van der Waals surface area contributed by atoms with Gasteiger partial charge < -0.3 is 26.0 Å². The van der Waals surface area contributed by atoms with Crippen molar-refractivity contribution in [1.29, 1.82) is 0 Å². The normalized spacial score (nSPS) is 17.3. The minimum absolute atomic E-state index is 0.214. The first-order valence-electron chi connectivity index (χ1n) is 9.62. The van der Waals surface area contributed by atoms with Crippen LogP contribution in [0, 0.1) is 0 Å². The van der Waals surface area contributed by atoms with E-state index < -0.39 is 30.1 Å². The molecule has 0 saturated carbocycles. The second kappa shape index (κ2) is 11.0. The number of aryl methyl sites for hydroxylation is 2. The van der Waals surface area contributed by atoms with E-state index in [9.17, 15) is 22.8 Å². The molecule has 0 bridgehead atoms. The molecular weight excluding hydrogens is 407 g/mol. The number of hydrogen-bond acceptors (Lipinski definition) is 5. The first kappa shape index (κ1) is 25.4. The molecule has 5 N–H and O–H groups in total. The molecule has 2 amide bonds. The predicted octanol–water partition coefficient (Wildman–Crippen LogP) is 0.835. The number of aliphatic carboxylic acids is 1. The Hall–Kier alpha value is -2.63. The lowest BCUT2D eigenvalue weighted by atomic mass is 10.1. The molecule has 0 spiro atoms. The Balaban J connectivity index is 0.000000553. The molecule has 2 rings (SSSR count). The van der Waals surface area contributed by atoms with E-state index in [0.717, 1.165) is 37.3 Å². The molecule has 1 aromatic rings. The number of alkyl halides is 3. The Labute approximate surface area is 172 Å². The van der Waals surface area contributed by atoms with Crippen molar-refractivity contribution in [3.8, 4) is 0 Å². The van der Waals surface area contributed by atoms with E-state index in [1.54, 1.807) is 0 Å². The zero-order chi connectivity index (χ0) is 23.1. The largest absolute Gasteiger partial charge is 0.490 e. The molecule has 170 valence electrons. The molecule has 1 fully saturated rings. The summed E-state index contributed by atoms with van der Waals surface area (Å²) in [5.74, 6) is -2.40. The summed E-state index contributed by atoms with van der Waals surface area (Å²) < 4.78 is 33.8. The van der Waals surface area contributed by atoms with Crippen LogP contribution in [0.1, 0.15) is 44.6 Å². The van der Waals surface area contributed by atoms with Gasteiger partial charge in [-0.2, -0.15) is 13.2 Å². The van der Waals surface area contributed by atoms with E-state index in [1.807, 2.05) is 6.20 Å². The molecular formula is C18H28F3N5O4. The Morgan fingerprint density at radius 2 is 1.93 bits per heavy atom. The van der Waals surface area contributed by atoms with Gasteiger partial charge in [-0.05, 0) is 26.2 Å². The number of rotatable bonds is 7. The number of aromatic nitrogens is 2. The van der Waals surface area contributed by atoms with Crippen LogP contribution in [-0.2, 0) is 33.8 Å². The molecule has 1 aliphatic rings. The SMILES string of the molecule is CCCc1nc(C[C@H](N)C(=O)N2CCC[C@H]2C(N)=O)cn1CC.O=C(O)C(F)(F)F. The highest BCUT2D eigenvalue weighted by atomic mass is 19.4. The van der Waals surface area contributed by atoms with Crippen LogP contribution in [0.3, 0.4) is 0 Å². The summed E-state index contributed by atoms with van der Waals surface area (Å²) in [5, 5.41) is 7.12. The number of halogens is 3. The number of carboxylic acids is 1. The van der Waals surface area contributed by atoms with Gasteiger partial charge in [0.1, 0.15) is 11.9 Å². The van der Waals surface area contributed by atoms with Crippen LogP contribution in [0.25, 0.3) is 0 Å². The maximum atomic E-state index is 12.5. The Kier molecular flexibility index (Phi) is 9.27. The number of nitrogens with two attached hydrogens (primary N) is 2. The lowest BCUT2D eigenvalue weighted by Crippen LogP contribution is -2.50. The predicted molar refractivity (Wildman–Crippen MR) is 101 cm³/mol. The van der Waals surface area contributed by atoms with Gasteiger partial charge in [0.2, 0.25) is 11.8 Å². The van der Waals surface area contributed by atoms with Gasteiger partial charge in [0, 0.05) is 32.1 Å². The third-order valence-corrected chi connectivity index (χ3v) is 4.58.